The zero-order chi connectivity index (χ0) is 49.7. The molecule has 0 fully saturated rings. The summed E-state index contributed by atoms with van der Waals surface area (Å²) in [4.78, 5) is 10.0. The number of pyridine rings is 1. The molecule has 0 aliphatic carbocycles. The Morgan fingerprint density at radius 2 is 1.30 bits per heavy atom. The second-order valence-corrected chi connectivity index (χ2v) is 31.8. The minimum atomic E-state index is -2.03. The van der Waals surface area contributed by atoms with Gasteiger partial charge in [-0.15, -0.1) is 18.2 Å². The van der Waals surface area contributed by atoms with Crippen LogP contribution >= 0.6 is 11.3 Å². The number of thiophene rings is 1. The zero-order valence-electron chi connectivity index (χ0n) is 42.4. The van der Waals surface area contributed by atoms with E-state index in [1.165, 1.54) is 37.6 Å². The third-order valence-corrected chi connectivity index (χ3v) is 18.4. The molecule has 11 rings (SSSR count). The van der Waals surface area contributed by atoms with E-state index >= 15 is 0 Å². The van der Waals surface area contributed by atoms with E-state index in [4.69, 9.17) is 6.35 Å². The molecule has 3 heterocycles. The van der Waals surface area contributed by atoms with Gasteiger partial charge in [-0.05, 0) is 85.8 Å². The maximum absolute atomic E-state index is 13.7. The van der Waals surface area contributed by atoms with E-state index < -0.39 is 19.2 Å². The Morgan fingerprint density at radius 3 is 1.92 bits per heavy atom. The molecular formula is C64H56FGeIrN3S-2. The van der Waals surface area contributed by atoms with E-state index in [1.807, 2.05) is 62.5 Å². The average molecular weight is 1180 g/mol. The Kier molecular flexibility index (Phi) is 13.9. The van der Waals surface area contributed by atoms with Gasteiger partial charge in [0.25, 0.3) is 0 Å². The number of rotatable bonds is 8. The molecule has 3 aromatic heterocycles. The first-order valence-corrected chi connectivity index (χ1v) is 32.1. The average Bonchev–Trinajstić information content (AvgIpc) is 3.95. The SMILES string of the molecule is CC(C)(C)c1cc(-c2ccccc2)c(-n2c(-c3[c-]ccc4c3sc3cc(-c5ccc(F)cc5)ccc34)nc3ccccc32)c(-c2ccccc2)c1.[2H]C(C)(C)c1cc(-c2[c-]cccc2)nc[c]1[Ge]([CH3])([CH3])[CH3].[Ir]. The minimum absolute atomic E-state index is 0. The van der Waals surface area contributed by atoms with Crippen LogP contribution in [0.4, 0.5) is 4.39 Å². The number of benzene rings is 8. The summed E-state index contributed by atoms with van der Waals surface area (Å²) in [6.07, 6.45) is 2.00. The standard InChI is InChI=1S/C47H34FN2S.C17H22GeN.Ir/c1-47(2,3)34-28-39(31-13-6-4-7-14-31)44(40(29-34)32-15-8-5-9-16-32)50-42-20-11-10-19-41(42)49-46(50)38-18-12-17-37-36-26-23-33(27-43(36)51-45(37)38)30-21-24-35(48)25-22-30;1-13(2)15-11-17(14-9-7-6-8-10-14)19-12-16(15)18(3,4)5;/h4-17,19-29H,1-3H3;6-9,11-13H,1-5H3;/q2*-1;/i;13D;. The molecule has 0 aliphatic heterocycles. The van der Waals surface area contributed by atoms with Gasteiger partial charge in [-0.3, -0.25) is 4.98 Å². The molecule has 11 aromatic rings. The normalized spacial score (nSPS) is 12.1. The number of para-hydroxylation sites is 2. The van der Waals surface area contributed by atoms with E-state index in [2.05, 4.69) is 187 Å². The van der Waals surface area contributed by atoms with Crippen LogP contribution in [0.15, 0.2) is 188 Å². The summed E-state index contributed by atoms with van der Waals surface area (Å²) in [6.45, 7) is 10.8. The molecule has 71 heavy (non-hydrogen) atoms. The molecule has 3 nitrogen and oxygen atoms in total. The summed E-state index contributed by atoms with van der Waals surface area (Å²) in [5.41, 5.74) is 14.9. The van der Waals surface area contributed by atoms with Crippen molar-refractivity contribution in [1.29, 1.82) is 0 Å². The molecule has 0 spiro atoms. The summed E-state index contributed by atoms with van der Waals surface area (Å²) in [5.74, 6) is 7.07. The second-order valence-electron chi connectivity index (χ2n) is 20.2. The Balaban J connectivity index is 0.000000257. The van der Waals surface area contributed by atoms with E-state index in [0.717, 1.165) is 83.0 Å². The van der Waals surface area contributed by atoms with Crippen molar-refractivity contribution in [2.45, 2.75) is 63.2 Å². The molecule has 355 valence electrons. The molecule has 1 radical (unpaired) electrons. The minimum Gasteiger partial charge on any atom is 0 e. The van der Waals surface area contributed by atoms with Gasteiger partial charge in [0.2, 0.25) is 0 Å². The predicted octanol–water partition coefficient (Wildman–Crippen LogP) is 17.5. The van der Waals surface area contributed by atoms with Gasteiger partial charge in [-0.2, -0.15) is 11.3 Å². The molecule has 0 aliphatic rings. The van der Waals surface area contributed by atoms with Crippen molar-refractivity contribution in [2.24, 2.45) is 0 Å². The molecule has 0 saturated carbocycles. The van der Waals surface area contributed by atoms with Gasteiger partial charge in [-0.1, -0.05) is 129 Å². The van der Waals surface area contributed by atoms with Crippen molar-refractivity contribution in [3.05, 3.63) is 217 Å². The number of imidazole rings is 1. The summed E-state index contributed by atoms with van der Waals surface area (Å²) < 4.78 is 28.2. The van der Waals surface area contributed by atoms with E-state index in [0.29, 0.717) is 0 Å². The number of hydrogen-bond donors (Lipinski definition) is 0. The fourth-order valence-corrected chi connectivity index (χ4v) is 13.9. The van der Waals surface area contributed by atoms with Crippen molar-refractivity contribution < 1.29 is 25.9 Å². The number of nitrogens with zero attached hydrogens (tertiary/aromatic N) is 3. The van der Waals surface area contributed by atoms with Gasteiger partial charge in [0, 0.05) is 35.9 Å². The number of halogens is 1. The summed E-state index contributed by atoms with van der Waals surface area (Å²) in [6, 6.07) is 68.8. The first kappa shape index (κ1) is 48.4. The van der Waals surface area contributed by atoms with Gasteiger partial charge in [0.15, 0.2) is 0 Å². The first-order valence-electron chi connectivity index (χ1n) is 24.4. The third kappa shape index (κ3) is 10.1. The molecule has 7 heteroatoms. The molecule has 0 saturated heterocycles. The van der Waals surface area contributed by atoms with Crippen LogP contribution in [0.3, 0.4) is 0 Å². The molecule has 0 N–H and O–H groups in total. The van der Waals surface area contributed by atoms with E-state index in [-0.39, 0.29) is 31.3 Å². The molecular weight excluding hydrogens is 1130 g/mol. The molecule has 8 aromatic carbocycles. The fraction of sp³-hybridized carbons (Fsp3) is 0.156. The Hall–Kier alpha value is -6.28. The van der Waals surface area contributed by atoms with Crippen molar-refractivity contribution in [3.8, 4) is 61.7 Å². The Morgan fingerprint density at radius 1 is 0.662 bits per heavy atom. The molecule has 0 amide bonds. The van der Waals surface area contributed by atoms with Gasteiger partial charge in [0.1, 0.15) is 5.82 Å². The Bertz CT molecular complexity index is 3640. The number of hydrogen-bond acceptors (Lipinski definition) is 3. The summed E-state index contributed by atoms with van der Waals surface area (Å²) >= 11 is -0.268. The first-order chi connectivity index (χ1) is 34.0. The van der Waals surface area contributed by atoms with Gasteiger partial charge < -0.3 is 4.57 Å². The number of aromatic nitrogens is 3. The van der Waals surface area contributed by atoms with Crippen LogP contribution < -0.4 is 4.40 Å². The third-order valence-electron chi connectivity index (χ3n) is 13.0. The topological polar surface area (TPSA) is 30.7 Å². The van der Waals surface area contributed by atoms with Crippen molar-refractivity contribution in [1.82, 2.24) is 14.5 Å². The van der Waals surface area contributed by atoms with E-state index in [9.17, 15) is 4.39 Å². The largest absolute Gasteiger partial charge is 0 e. The molecule has 0 bridgehead atoms. The van der Waals surface area contributed by atoms with Gasteiger partial charge in [-0.25, -0.2) is 4.39 Å². The second kappa shape index (κ2) is 20.4. The predicted molar refractivity (Wildman–Crippen MR) is 299 cm³/mol. The Labute approximate surface area is 439 Å². The van der Waals surface area contributed by atoms with E-state index in [1.54, 1.807) is 11.3 Å². The van der Waals surface area contributed by atoms with Gasteiger partial charge >= 0.3 is 120 Å². The van der Waals surface area contributed by atoms with Crippen molar-refractivity contribution >= 4 is 60.2 Å². The van der Waals surface area contributed by atoms with Crippen LogP contribution in [-0.4, -0.2) is 27.8 Å². The maximum Gasteiger partial charge on any atom is 0 e. The van der Waals surface area contributed by atoms with Crippen molar-refractivity contribution in [2.75, 3.05) is 0 Å². The maximum atomic E-state index is 13.7. The number of fused-ring (bicyclic) bond motifs is 4. The van der Waals surface area contributed by atoms with Crippen LogP contribution in [-0.2, 0) is 25.5 Å². The van der Waals surface area contributed by atoms with Gasteiger partial charge in [0.05, 0.1) is 22.5 Å². The smallest absolute Gasteiger partial charge is 0 e. The zero-order valence-corrected chi connectivity index (χ0v) is 46.7. The van der Waals surface area contributed by atoms with Crippen LogP contribution in [0.1, 0.15) is 53.0 Å². The quantitative estimate of drug-likeness (QED) is 0.112. The van der Waals surface area contributed by atoms with Crippen molar-refractivity contribution in [3.63, 3.8) is 0 Å². The van der Waals surface area contributed by atoms with Crippen LogP contribution in [0.5, 0.6) is 0 Å². The summed E-state index contributed by atoms with van der Waals surface area (Å²) in [5, 5.41) is 2.35. The monoisotopic (exact) mass is 1190 g/mol. The van der Waals surface area contributed by atoms with Crippen LogP contribution in [0, 0.1) is 17.9 Å². The fourth-order valence-electron chi connectivity index (χ4n) is 9.30. The van der Waals surface area contributed by atoms with Crippen LogP contribution in [0.2, 0.25) is 17.3 Å². The molecule has 0 atom stereocenters. The summed E-state index contributed by atoms with van der Waals surface area (Å²) in [7, 11) is 0. The van der Waals surface area contributed by atoms with Crippen LogP contribution in [0.25, 0.3) is 92.9 Å². The molecule has 0 unspecified atom stereocenters.